The van der Waals surface area contributed by atoms with Gasteiger partial charge in [0.1, 0.15) is 5.75 Å². The minimum Gasteiger partial charge on any atom is -0.475 e. The molecule has 4 nitrogen and oxygen atoms in total. The minimum atomic E-state index is -4.30. The Labute approximate surface area is 95.4 Å². The summed E-state index contributed by atoms with van der Waals surface area (Å²) in [6.45, 7) is 3.41. The normalized spacial score (nSPS) is 12.5. The molecule has 0 amide bonds. The van der Waals surface area contributed by atoms with Crippen LogP contribution in [0.25, 0.3) is 0 Å². The number of hydrogen-bond acceptors (Lipinski definition) is 2. The molecule has 16 heavy (non-hydrogen) atoms. The highest BCUT2D eigenvalue weighted by molar-refractivity contribution is 7.53. The average Bonchev–Trinajstić information content (AvgIpc) is 2.25. The van der Waals surface area contributed by atoms with Gasteiger partial charge in [0.15, 0.2) is 0 Å². The molecule has 89 valence electrons. The van der Waals surface area contributed by atoms with Gasteiger partial charge in [-0.25, -0.2) is 0 Å². The van der Waals surface area contributed by atoms with E-state index in [1.807, 2.05) is 0 Å². The van der Waals surface area contributed by atoms with E-state index in [1.165, 1.54) is 0 Å². The molecule has 0 heterocycles. The van der Waals surface area contributed by atoms with E-state index in [9.17, 15) is 14.4 Å². The van der Waals surface area contributed by atoms with E-state index in [1.54, 1.807) is 38.1 Å². The van der Waals surface area contributed by atoms with E-state index in [2.05, 4.69) is 6.07 Å². The van der Waals surface area contributed by atoms with Crippen LogP contribution in [0.5, 0.6) is 5.75 Å². The maximum absolute atomic E-state index is 11.5. The van der Waals surface area contributed by atoms with E-state index in [-0.39, 0.29) is 12.8 Å². The highest BCUT2D eigenvalue weighted by Crippen LogP contribution is 2.54. The molecule has 0 bridgehead atoms. The number of rotatable bonds is 5. The van der Waals surface area contributed by atoms with Crippen molar-refractivity contribution in [2.45, 2.75) is 32.0 Å². The fourth-order valence-corrected chi connectivity index (χ4v) is 2.57. The summed E-state index contributed by atoms with van der Waals surface area (Å²) in [6, 6.07) is 9.38. The predicted octanol–water partition coefficient (Wildman–Crippen LogP) is 2.56. The summed E-state index contributed by atoms with van der Waals surface area (Å²) < 4.78 is 17.0. The molecular weight excluding hydrogens is 227 g/mol. The fraction of sp³-hybridized carbons (Fsp3) is 0.455. The summed E-state index contributed by atoms with van der Waals surface area (Å²) in [5, 5.41) is -1.42. The quantitative estimate of drug-likeness (QED) is 0.780. The van der Waals surface area contributed by atoms with Crippen molar-refractivity contribution in [3.05, 3.63) is 30.3 Å². The Morgan fingerprint density at radius 3 is 2.19 bits per heavy atom. The molecule has 0 spiro atoms. The molecule has 1 rings (SSSR count). The molecule has 2 N–H and O–H groups in total. The second-order valence-corrected chi connectivity index (χ2v) is 5.44. The predicted molar refractivity (Wildman–Crippen MR) is 61.3 cm³/mol. The first-order valence-electron chi connectivity index (χ1n) is 5.16. The highest BCUT2D eigenvalue weighted by Gasteiger charge is 2.46. The zero-order valence-electron chi connectivity index (χ0n) is 9.38. The summed E-state index contributed by atoms with van der Waals surface area (Å²) in [6.07, 6.45) is 0.513. The largest absolute Gasteiger partial charge is 0.475 e. The minimum absolute atomic E-state index is 0.256. The molecule has 0 saturated carbocycles. The molecule has 0 fully saturated rings. The second kappa shape index (κ2) is 5.00. The Kier molecular flexibility index (Phi) is 4.14. The lowest BCUT2D eigenvalue weighted by Gasteiger charge is -2.32. The number of hydrogen-bond donors (Lipinski definition) is 2. The van der Waals surface area contributed by atoms with Crippen LogP contribution in [0.4, 0.5) is 0 Å². The zero-order chi connectivity index (χ0) is 12.2. The summed E-state index contributed by atoms with van der Waals surface area (Å²) >= 11 is 0. The molecule has 0 aliphatic carbocycles. The van der Waals surface area contributed by atoms with E-state index in [4.69, 9.17) is 4.74 Å². The van der Waals surface area contributed by atoms with Crippen molar-refractivity contribution in [1.82, 2.24) is 0 Å². The Morgan fingerprint density at radius 2 is 1.81 bits per heavy atom. The molecule has 1 aromatic rings. The molecule has 0 unspecified atom stereocenters. The smallest absolute Gasteiger partial charge is 0.368 e. The molecule has 0 atom stereocenters. The third-order valence-corrected chi connectivity index (χ3v) is 4.42. The van der Waals surface area contributed by atoms with Crippen LogP contribution in [0.3, 0.4) is 0 Å². The van der Waals surface area contributed by atoms with Crippen LogP contribution in [-0.2, 0) is 4.57 Å². The Bertz CT molecular complexity index is 367. The van der Waals surface area contributed by atoms with Gasteiger partial charge in [-0.05, 0) is 31.0 Å². The van der Waals surface area contributed by atoms with Gasteiger partial charge in [0.25, 0.3) is 0 Å². The van der Waals surface area contributed by atoms with Crippen molar-refractivity contribution < 1.29 is 19.1 Å². The first kappa shape index (κ1) is 13.2. The Morgan fingerprint density at radius 1 is 1.31 bits per heavy atom. The second-order valence-electron chi connectivity index (χ2n) is 3.54. The summed E-state index contributed by atoms with van der Waals surface area (Å²) in [4.78, 5) is 18.7. The van der Waals surface area contributed by atoms with Crippen molar-refractivity contribution in [2.24, 2.45) is 0 Å². The van der Waals surface area contributed by atoms with Gasteiger partial charge in [0.2, 0.25) is 5.34 Å². The summed E-state index contributed by atoms with van der Waals surface area (Å²) in [5.74, 6) is 0.450. The van der Waals surface area contributed by atoms with Gasteiger partial charge in [-0.15, -0.1) is 0 Å². The SMILES string of the molecule is CCC(CC)(Oc1cc[c]cc1)P(=O)(O)O. The summed E-state index contributed by atoms with van der Waals surface area (Å²) in [7, 11) is -4.30. The molecule has 0 saturated heterocycles. The van der Waals surface area contributed by atoms with Crippen molar-refractivity contribution in [3.63, 3.8) is 0 Å². The van der Waals surface area contributed by atoms with Crippen LogP contribution in [0.2, 0.25) is 0 Å². The topological polar surface area (TPSA) is 66.8 Å². The lowest BCUT2D eigenvalue weighted by atomic mass is 10.2. The Hall–Kier alpha value is -0.830. The summed E-state index contributed by atoms with van der Waals surface area (Å²) in [5.41, 5.74) is 0. The van der Waals surface area contributed by atoms with Crippen LogP contribution >= 0.6 is 7.60 Å². The highest BCUT2D eigenvalue weighted by atomic mass is 31.2. The van der Waals surface area contributed by atoms with E-state index in [0.717, 1.165) is 0 Å². The van der Waals surface area contributed by atoms with Gasteiger partial charge in [-0.3, -0.25) is 4.57 Å². The van der Waals surface area contributed by atoms with Crippen molar-refractivity contribution in [2.75, 3.05) is 0 Å². The van der Waals surface area contributed by atoms with Gasteiger partial charge in [-0.2, -0.15) is 0 Å². The molecule has 5 heteroatoms. The van der Waals surface area contributed by atoms with Crippen molar-refractivity contribution in [1.29, 1.82) is 0 Å². The maximum atomic E-state index is 11.5. The molecule has 0 aliphatic heterocycles. The zero-order valence-corrected chi connectivity index (χ0v) is 10.3. The third-order valence-electron chi connectivity index (χ3n) is 2.63. The molecule has 1 aromatic carbocycles. The van der Waals surface area contributed by atoms with Crippen molar-refractivity contribution in [3.8, 4) is 5.75 Å². The molecule has 0 aliphatic rings. The Balaban J connectivity index is 3.01. The fourth-order valence-electron chi connectivity index (χ4n) is 1.52. The van der Waals surface area contributed by atoms with Crippen molar-refractivity contribution >= 4 is 7.60 Å². The molecule has 1 radical (unpaired) electrons. The van der Waals surface area contributed by atoms with E-state index >= 15 is 0 Å². The van der Waals surface area contributed by atoms with Crippen LogP contribution in [0, 0.1) is 6.07 Å². The average molecular weight is 243 g/mol. The van der Waals surface area contributed by atoms with Gasteiger partial charge in [-0.1, -0.05) is 26.0 Å². The van der Waals surface area contributed by atoms with Gasteiger partial charge in [0.05, 0.1) is 0 Å². The molecule has 0 aromatic heterocycles. The van der Waals surface area contributed by atoms with Crippen LogP contribution in [-0.4, -0.2) is 15.1 Å². The number of ether oxygens (including phenoxy) is 1. The first-order chi connectivity index (χ1) is 7.45. The maximum Gasteiger partial charge on any atom is 0.368 e. The molecular formula is C11H16O4P. The standard InChI is InChI=1S/C11H16O4P/c1-3-11(4-2,16(12,13)14)15-10-8-6-5-7-9-10/h6-9H,3-4H2,1-2H3,(H2,12,13,14). The lowest BCUT2D eigenvalue weighted by molar-refractivity contribution is 0.108. The lowest BCUT2D eigenvalue weighted by Crippen LogP contribution is -2.34. The number of benzene rings is 1. The first-order valence-corrected chi connectivity index (χ1v) is 6.77. The third kappa shape index (κ3) is 2.64. The van der Waals surface area contributed by atoms with Gasteiger partial charge < -0.3 is 14.5 Å². The monoisotopic (exact) mass is 243 g/mol. The van der Waals surface area contributed by atoms with E-state index < -0.39 is 12.9 Å². The van der Waals surface area contributed by atoms with Crippen LogP contribution < -0.4 is 4.74 Å². The van der Waals surface area contributed by atoms with Gasteiger partial charge in [0, 0.05) is 0 Å². The van der Waals surface area contributed by atoms with E-state index in [0.29, 0.717) is 5.75 Å². The van der Waals surface area contributed by atoms with Crippen LogP contribution in [0.1, 0.15) is 26.7 Å². The van der Waals surface area contributed by atoms with Gasteiger partial charge >= 0.3 is 7.60 Å². The van der Waals surface area contributed by atoms with Crippen LogP contribution in [0.15, 0.2) is 24.3 Å².